The average molecular weight is 354 g/mol. The van der Waals surface area contributed by atoms with Gasteiger partial charge in [0.1, 0.15) is 5.75 Å². The van der Waals surface area contributed by atoms with Crippen LogP contribution in [0.2, 0.25) is 0 Å². The van der Waals surface area contributed by atoms with Crippen molar-refractivity contribution in [2.75, 3.05) is 12.4 Å². The summed E-state index contributed by atoms with van der Waals surface area (Å²) in [6, 6.07) is 4.86. The highest BCUT2D eigenvalue weighted by Gasteiger charge is 2.31. The number of rotatable bonds is 4. The van der Waals surface area contributed by atoms with Gasteiger partial charge in [0.2, 0.25) is 0 Å². The van der Waals surface area contributed by atoms with E-state index in [9.17, 15) is 18.0 Å². The van der Waals surface area contributed by atoms with E-state index >= 15 is 0 Å². The maximum absolute atomic E-state index is 12.2. The number of nitrogens with zero attached hydrogens (tertiary/aromatic N) is 1. The van der Waals surface area contributed by atoms with Crippen LogP contribution in [0.1, 0.15) is 24.2 Å². The number of carbonyl (C=O) groups is 1. The van der Waals surface area contributed by atoms with E-state index in [2.05, 4.69) is 20.7 Å². The van der Waals surface area contributed by atoms with Crippen molar-refractivity contribution in [2.45, 2.75) is 25.7 Å². The summed E-state index contributed by atoms with van der Waals surface area (Å²) >= 11 is 3.32. The molecule has 7 heteroatoms. The van der Waals surface area contributed by atoms with Crippen molar-refractivity contribution in [1.82, 2.24) is 4.90 Å². The van der Waals surface area contributed by atoms with E-state index < -0.39 is 11.9 Å². The first-order valence-electron chi connectivity index (χ1n) is 5.77. The zero-order chi connectivity index (χ0) is 15.6. The van der Waals surface area contributed by atoms with E-state index in [-0.39, 0.29) is 11.7 Å². The fourth-order valence-corrected chi connectivity index (χ4v) is 1.73. The van der Waals surface area contributed by atoms with Gasteiger partial charge in [-0.15, -0.1) is 13.2 Å². The van der Waals surface area contributed by atoms with E-state index in [1.807, 2.05) is 13.8 Å². The first-order chi connectivity index (χ1) is 9.07. The number of halogens is 4. The molecule has 0 aromatic heterocycles. The van der Waals surface area contributed by atoms with Crippen LogP contribution < -0.4 is 4.74 Å². The van der Waals surface area contributed by atoms with Crippen molar-refractivity contribution in [3.05, 3.63) is 29.8 Å². The van der Waals surface area contributed by atoms with Gasteiger partial charge in [0, 0.05) is 23.5 Å². The van der Waals surface area contributed by atoms with Crippen molar-refractivity contribution >= 4 is 21.8 Å². The Kier molecular flexibility index (Phi) is 5.07. The number of ether oxygens (including phenoxy) is 1. The molecule has 112 valence electrons. The lowest BCUT2D eigenvalue weighted by Crippen LogP contribution is -2.46. The van der Waals surface area contributed by atoms with E-state index in [0.717, 1.165) is 12.1 Å². The molecule has 0 saturated heterocycles. The van der Waals surface area contributed by atoms with Crippen LogP contribution in [0.25, 0.3) is 0 Å². The Bertz CT molecular complexity index is 471. The molecule has 3 nitrogen and oxygen atoms in total. The van der Waals surface area contributed by atoms with Gasteiger partial charge in [0.05, 0.1) is 0 Å². The summed E-state index contributed by atoms with van der Waals surface area (Å²) in [7, 11) is 1.64. The smallest absolute Gasteiger partial charge is 0.406 e. The molecule has 1 aromatic rings. The van der Waals surface area contributed by atoms with Crippen LogP contribution in [0.3, 0.4) is 0 Å². The molecule has 0 aliphatic heterocycles. The van der Waals surface area contributed by atoms with Gasteiger partial charge < -0.3 is 9.64 Å². The van der Waals surface area contributed by atoms with Gasteiger partial charge in [0.15, 0.2) is 0 Å². The van der Waals surface area contributed by atoms with Gasteiger partial charge in [-0.05, 0) is 38.1 Å². The Morgan fingerprint density at radius 1 is 1.25 bits per heavy atom. The van der Waals surface area contributed by atoms with Gasteiger partial charge in [0.25, 0.3) is 5.91 Å². The Labute approximate surface area is 123 Å². The molecule has 0 heterocycles. The lowest BCUT2D eigenvalue weighted by molar-refractivity contribution is -0.274. The third kappa shape index (κ3) is 4.40. The van der Waals surface area contributed by atoms with Crippen LogP contribution in [-0.2, 0) is 0 Å². The highest BCUT2D eigenvalue weighted by Crippen LogP contribution is 2.24. The summed E-state index contributed by atoms with van der Waals surface area (Å²) < 4.78 is 39.8. The van der Waals surface area contributed by atoms with Gasteiger partial charge in [-0.25, -0.2) is 0 Å². The van der Waals surface area contributed by atoms with E-state index in [4.69, 9.17) is 0 Å². The molecule has 1 rings (SSSR count). The summed E-state index contributed by atoms with van der Waals surface area (Å²) in [6.07, 6.45) is -4.74. The minimum absolute atomic E-state index is 0.270. The number of hydrogen-bond donors (Lipinski definition) is 0. The van der Waals surface area contributed by atoms with Crippen LogP contribution in [0.15, 0.2) is 24.3 Å². The summed E-state index contributed by atoms with van der Waals surface area (Å²) in [4.78, 5) is 13.7. The van der Waals surface area contributed by atoms with Crippen molar-refractivity contribution in [3.8, 4) is 5.75 Å². The summed E-state index contributed by atoms with van der Waals surface area (Å²) in [5.41, 5.74) is -0.103. The number of amides is 1. The van der Waals surface area contributed by atoms with Crippen molar-refractivity contribution in [2.24, 2.45) is 0 Å². The fraction of sp³-hybridized carbons (Fsp3) is 0.462. The molecule has 1 amide bonds. The Morgan fingerprint density at radius 3 is 2.15 bits per heavy atom. The van der Waals surface area contributed by atoms with Crippen molar-refractivity contribution < 1.29 is 22.7 Å². The predicted octanol–water partition coefficient (Wildman–Crippen LogP) is 3.83. The van der Waals surface area contributed by atoms with Crippen LogP contribution in [0.5, 0.6) is 5.75 Å². The highest BCUT2D eigenvalue weighted by molar-refractivity contribution is 9.09. The monoisotopic (exact) mass is 353 g/mol. The minimum Gasteiger partial charge on any atom is -0.406 e. The number of benzene rings is 1. The Hall–Kier alpha value is -1.24. The second-order valence-electron chi connectivity index (χ2n) is 4.88. The molecule has 0 radical (unpaired) electrons. The van der Waals surface area contributed by atoms with Gasteiger partial charge in [-0.1, -0.05) is 15.9 Å². The molecular formula is C13H15BrF3NO2. The standard InChI is InChI=1S/C13H15BrF3NO2/c1-12(2,8-14)18(3)11(19)9-4-6-10(7-5-9)20-13(15,16)17/h4-7H,8H2,1-3H3. The molecule has 0 fully saturated rings. The van der Waals surface area contributed by atoms with Crippen LogP contribution >= 0.6 is 15.9 Å². The molecule has 0 aliphatic rings. The lowest BCUT2D eigenvalue weighted by atomic mass is 10.1. The second kappa shape index (κ2) is 6.03. The molecule has 0 bridgehead atoms. The number of alkyl halides is 4. The van der Waals surface area contributed by atoms with E-state index in [1.165, 1.54) is 17.0 Å². The SMILES string of the molecule is CN(C(=O)c1ccc(OC(F)(F)F)cc1)C(C)(C)CBr. The molecule has 0 atom stereocenters. The Balaban J connectivity index is 2.86. The number of hydrogen-bond acceptors (Lipinski definition) is 2. The average Bonchev–Trinajstić information content (AvgIpc) is 2.36. The van der Waals surface area contributed by atoms with E-state index in [0.29, 0.717) is 10.9 Å². The Morgan fingerprint density at radius 2 is 1.75 bits per heavy atom. The van der Waals surface area contributed by atoms with Crippen LogP contribution in [0, 0.1) is 0 Å². The normalized spacial score (nSPS) is 12.2. The van der Waals surface area contributed by atoms with Crippen molar-refractivity contribution in [1.29, 1.82) is 0 Å². The zero-order valence-corrected chi connectivity index (χ0v) is 12.9. The largest absolute Gasteiger partial charge is 0.573 e. The molecule has 0 aliphatic carbocycles. The van der Waals surface area contributed by atoms with E-state index in [1.54, 1.807) is 7.05 Å². The molecule has 20 heavy (non-hydrogen) atoms. The van der Waals surface area contributed by atoms with Gasteiger partial charge in [-0.2, -0.15) is 0 Å². The molecular weight excluding hydrogens is 339 g/mol. The predicted molar refractivity (Wildman–Crippen MR) is 73.1 cm³/mol. The maximum atomic E-state index is 12.2. The summed E-state index contributed by atoms with van der Waals surface area (Å²) in [5, 5.41) is 0.581. The lowest BCUT2D eigenvalue weighted by Gasteiger charge is -2.34. The molecule has 0 N–H and O–H groups in total. The fourth-order valence-electron chi connectivity index (χ4n) is 1.36. The second-order valence-corrected chi connectivity index (χ2v) is 5.44. The summed E-state index contributed by atoms with van der Waals surface area (Å²) in [5.74, 6) is -0.621. The first-order valence-corrected chi connectivity index (χ1v) is 6.89. The van der Waals surface area contributed by atoms with Crippen LogP contribution in [-0.4, -0.2) is 35.1 Å². The first kappa shape index (κ1) is 16.8. The zero-order valence-electron chi connectivity index (χ0n) is 11.3. The third-order valence-electron chi connectivity index (χ3n) is 2.87. The van der Waals surface area contributed by atoms with Crippen molar-refractivity contribution in [3.63, 3.8) is 0 Å². The topological polar surface area (TPSA) is 29.5 Å². The van der Waals surface area contributed by atoms with Gasteiger partial charge >= 0.3 is 6.36 Å². The quantitative estimate of drug-likeness (QED) is 0.770. The molecule has 0 spiro atoms. The molecule has 0 saturated carbocycles. The van der Waals surface area contributed by atoms with Gasteiger partial charge in [-0.3, -0.25) is 4.79 Å². The minimum atomic E-state index is -4.74. The third-order valence-corrected chi connectivity index (χ3v) is 4.25. The number of carbonyl (C=O) groups excluding carboxylic acids is 1. The molecule has 1 aromatic carbocycles. The highest BCUT2D eigenvalue weighted by atomic mass is 79.9. The van der Waals surface area contributed by atoms with Crippen LogP contribution in [0.4, 0.5) is 13.2 Å². The molecule has 0 unspecified atom stereocenters. The maximum Gasteiger partial charge on any atom is 0.573 e. The summed E-state index contributed by atoms with van der Waals surface area (Å²) in [6.45, 7) is 3.75.